The number of hydrogen-bond donors (Lipinski definition) is 0. The van der Waals surface area contributed by atoms with Crippen LogP contribution in [0.2, 0.25) is 0 Å². The van der Waals surface area contributed by atoms with Gasteiger partial charge >= 0.3 is 0 Å². The number of aryl methyl sites for hydroxylation is 1. The molecular formula is C10H10BrFO. The lowest BCUT2D eigenvalue weighted by Crippen LogP contribution is -1.99. The van der Waals surface area contributed by atoms with Crippen LogP contribution >= 0.6 is 15.9 Å². The molecule has 0 aliphatic heterocycles. The van der Waals surface area contributed by atoms with E-state index in [1.165, 1.54) is 6.07 Å². The van der Waals surface area contributed by atoms with E-state index < -0.39 is 0 Å². The molecule has 0 fully saturated rings. The molecule has 1 aromatic carbocycles. The van der Waals surface area contributed by atoms with Gasteiger partial charge in [0.2, 0.25) is 0 Å². The van der Waals surface area contributed by atoms with Crippen LogP contribution in [0.3, 0.4) is 0 Å². The van der Waals surface area contributed by atoms with E-state index in [0.717, 1.165) is 0 Å². The maximum atomic E-state index is 13.0. The van der Waals surface area contributed by atoms with Gasteiger partial charge in [-0.1, -0.05) is 6.92 Å². The fraction of sp³-hybridized carbons (Fsp3) is 0.300. The number of carbonyl (C=O) groups excluding carboxylic acids is 1. The molecule has 0 aromatic heterocycles. The molecule has 0 bridgehead atoms. The quantitative estimate of drug-likeness (QED) is 0.729. The Morgan fingerprint density at radius 1 is 1.54 bits per heavy atom. The second kappa shape index (κ2) is 4.01. The first-order chi connectivity index (χ1) is 6.06. The average Bonchev–Trinajstić information content (AvgIpc) is 2.10. The van der Waals surface area contributed by atoms with Crippen LogP contribution in [0.1, 0.15) is 29.3 Å². The van der Waals surface area contributed by atoms with Crippen molar-refractivity contribution in [2.24, 2.45) is 0 Å². The van der Waals surface area contributed by atoms with Gasteiger partial charge in [0, 0.05) is 16.5 Å². The molecule has 0 saturated heterocycles. The predicted molar refractivity (Wildman–Crippen MR) is 53.5 cm³/mol. The molecule has 0 aliphatic rings. The van der Waals surface area contributed by atoms with Crippen molar-refractivity contribution in [3.8, 4) is 0 Å². The second-order valence-corrected chi connectivity index (χ2v) is 3.71. The number of carbonyl (C=O) groups is 1. The first-order valence-corrected chi connectivity index (χ1v) is 4.84. The van der Waals surface area contributed by atoms with Crippen molar-refractivity contribution in [3.05, 3.63) is 33.5 Å². The van der Waals surface area contributed by atoms with Gasteiger partial charge < -0.3 is 0 Å². The van der Waals surface area contributed by atoms with Gasteiger partial charge in [0.05, 0.1) is 0 Å². The molecule has 0 unspecified atom stereocenters. The van der Waals surface area contributed by atoms with Crippen molar-refractivity contribution in [2.45, 2.75) is 20.3 Å². The van der Waals surface area contributed by atoms with Crippen LogP contribution in [0.15, 0.2) is 16.6 Å². The first-order valence-electron chi connectivity index (χ1n) is 4.05. The zero-order valence-corrected chi connectivity index (χ0v) is 9.11. The largest absolute Gasteiger partial charge is 0.294 e. The summed E-state index contributed by atoms with van der Waals surface area (Å²) in [6.45, 7) is 3.43. The van der Waals surface area contributed by atoms with E-state index in [-0.39, 0.29) is 11.6 Å². The Bertz CT molecular complexity index is 347. The molecule has 1 aromatic rings. The summed E-state index contributed by atoms with van der Waals surface area (Å²) in [6.07, 6.45) is 0.434. The Morgan fingerprint density at radius 3 is 2.69 bits per heavy atom. The predicted octanol–water partition coefficient (Wildman–Crippen LogP) is 3.49. The molecule has 70 valence electrons. The normalized spacial score (nSPS) is 10.2. The fourth-order valence-electron chi connectivity index (χ4n) is 1.06. The van der Waals surface area contributed by atoms with Crippen molar-refractivity contribution >= 4 is 21.7 Å². The van der Waals surface area contributed by atoms with Gasteiger partial charge in [-0.25, -0.2) is 4.39 Å². The van der Waals surface area contributed by atoms with Crippen molar-refractivity contribution < 1.29 is 9.18 Å². The minimum Gasteiger partial charge on any atom is -0.294 e. The van der Waals surface area contributed by atoms with Gasteiger partial charge in [-0.3, -0.25) is 4.79 Å². The molecule has 0 aliphatic carbocycles. The maximum absolute atomic E-state index is 13.0. The highest BCUT2D eigenvalue weighted by molar-refractivity contribution is 9.10. The average molecular weight is 245 g/mol. The summed E-state index contributed by atoms with van der Waals surface area (Å²) in [6, 6.07) is 2.91. The van der Waals surface area contributed by atoms with Gasteiger partial charge in [0.15, 0.2) is 5.78 Å². The van der Waals surface area contributed by atoms with E-state index in [1.54, 1.807) is 19.9 Å². The maximum Gasteiger partial charge on any atom is 0.163 e. The Balaban J connectivity index is 3.23. The topological polar surface area (TPSA) is 17.1 Å². The molecular weight excluding hydrogens is 235 g/mol. The highest BCUT2D eigenvalue weighted by Crippen LogP contribution is 2.22. The van der Waals surface area contributed by atoms with Gasteiger partial charge in [-0.15, -0.1) is 0 Å². The summed E-state index contributed by atoms with van der Waals surface area (Å²) in [5, 5.41) is 0. The lowest BCUT2D eigenvalue weighted by atomic mass is 10.1. The van der Waals surface area contributed by atoms with Crippen molar-refractivity contribution in [2.75, 3.05) is 0 Å². The SMILES string of the molecule is CCC(=O)c1cc(C)c(F)cc1Br. The molecule has 0 radical (unpaired) electrons. The van der Waals surface area contributed by atoms with Crippen molar-refractivity contribution in [1.82, 2.24) is 0 Å². The molecule has 0 amide bonds. The van der Waals surface area contributed by atoms with Gasteiger partial charge in [-0.05, 0) is 40.5 Å². The number of rotatable bonds is 2. The Morgan fingerprint density at radius 2 is 2.15 bits per heavy atom. The summed E-state index contributed by atoms with van der Waals surface area (Å²) in [5.41, 5.74) is 1.06. The first kappa shape index (κ1) is 10.4. The Labute approximate surface area is 85.1 Å². The van der Waals surface area contributed by atoms with E-state index in [4.69, 9.17) is 0 Å². The summed E-state index contributed by atoms with van der Waals surface area (Å²) >= 11 is 3.16. The highest BCUT2D eigenvalue weighted by atomic mass is 79.9. The third kappa shape index (κ3) is 2.15. The van der Waals surface area contributed by atoms with Crippen LogP contribution < -0.4 is 0 Å². The highest BCUT2D eigenvalue weighted by Gasteiger charge is 2.10. The monoisotopic (exact) mass is 244 g/mol. The number of halogens is 2. The smallest absolute Gasteiger partial charge is 0.163 e. The van der Waals surface area contributed by atoms with Gasteiger partial charge in [0.1, 0.15) is 5.82 Å². The van der Waals surface area contributed by atoms with E-state index in [9.17, 15) is 9.18 Å². The van der Waals surface area contributed by atoms with E-state index in [2.05, 4.69) is 15.9 Å². The molecule has 13 heavy (non-hydrogen) atoms. The van der Waals surface area contributed by atoms with E-state index in [0.29, 0.717) is 22.0 Å². The van der Waals surface area contributed by atoms with Gasteiger partial charge in [0.25, 0.3) is 0 Å². The van der Waals surface area contributed by atoms with E-state index >= 15 is 0 Å². The van der Waals surface area contributed by atoms with Crippen molar-refractivity contribution in [3.63, 3.8) is 0 Å². The van der Waals surface area contributed by atoms with Crippen LogP contribution in [0, 0.1) is 12.7 Å². The Hall–Kier alpha value is -0.700. The third-order valence-corrected chi connectivity index (χ3v) is 2.53. The summed E-state index contributed by atoms with van der Waals surface area (Å²) in [4.78, 5) is 11.3. The fourth-order valence-corrected chi connectivity index (χ4v) is 1.60. The minimum atomic E-state index is -0.292. The van der Waals surface area contributed by atoms with Crippen LogP contribution in [0.25, 0.3) is 0 Å². The molecule has 1 nitrogen and oxygen atoms in total. The lowest BCUT2D eigenvalue weighted by molar-refractivity contribution is 0.0987. The lowest BCUT2D eigenvalue weighted by Gasteiger charge is -2.04. The third-order valence-electron chi connectivity index (χ3n) is 1.87. The number of hydrogen-bond acceptors (Lipinski definition) is 1. The number of Topliss-reactive ketones (excluding diaryl/α,β-unsaturated/α-hetero) is 1. The molecule has 3 heteroatoms. The van der Waals surface area contributed by atoms with Crippen LogP contribution in [-0.2, 0) is 0 Å². The molecule has 0 spiro atoms. The number of ketones is 1. The summed E-state index contributed by atoms with van der Waals surface area (Å²) in [7, 11) is 0. The second-order valence-electron chi connectivity index (χ2n) is 2.86. The van der Waals surface area contributed by atoms with Crippen molar-refractivity contribution in [1.29, 1.82) is 0 Å². The zero-order chi connectivity index (χ0) is 10.0. The summed E-state index contributed by atoms with van der Waals surface area (Å²) in [5.74, 6) is -0.269. The Kier molecular flexibility index (Phi) is 3.20. The van der Waals surface area contributed by atoms with Crippen LogP contribution in [0.4, 0.5) is 4.39 Å². The molecule has 0 atom stereocenters. The van der Waals surface area contributed by atoms with E-state index in [1.807, 2.05) is 0 Å². The molecule has 0 heterocycles. The summed E-state index contributed by atoms with van der Waals surface area (Å²) < 4.78 is 13.5. The van der Waals surface area contributed by atoms with Gasteiger partial charge in [-0.2, -0.15) is 0 Å². The minimum absolute atomic E-state index is 0.0231. The molecule has 0 N–H and O–H groups in total. The molecule has 1 rings (SSSR count). The zero-order valence-electron chi connectivity index (χ0n) is 7.53. The molecule has 0 saturated carbocycles. The van der Waals surface area contributed by atoms with Crippen LogP contribution in [-0.4, -0.2) is 5.78 Å². The van der Waals surface area contributed by atoms with Crippen LogP contribution in [0.5, 0.6) is 0 Å². The standard InChI is InChI=1S/C10H10BrFO/c1-3-10(13)7-4-6(2)9(12)5-8(7)11/h4-5H,3H2,1-2H3. The number of benzene rings is 1.